The first-order valence-corrected chi connectivity index (χ1v) is 11.6. The van der Waals surface area contributed by atoms with Crippen LogP contribution in [-0.2, 0) is 9.53 Å². The van der Waals surface area contributed by atoms with E-state index in [9.17, 15) is 9.90 Å². The number of halogens is 1. The lowest BCUT2D eigenvalue weighted by Gasteiger charge is -2.35. The Balaban J connectivity index is 2.06. The van der Waals surface area contributed by atoms with Gasteiger partial charge in [0, 0.05) is 6.61 Å². The molecule has 0 aliphatic heterocycles. The zero-order valence-electron chi connectivity index (χ0n) is 19.1. The molecule has 0 heterocycles. The molecule has 0 aliphatic carbocycles. The monoisotopic (exact) mass is 428 g/mol. The molecule has 0 aliphatic rings. The molecular formula is C27H37FO3. The molecule has 0 saturated heterocycles. The normalized spacial score (nSPS) is 15.2. The summed E-state index contributed by atoms with van der Waals surface area (Å²) in [7, 11) is 0. The van der Waals surface area contributed by atoms with Gasteiger partial charge in [-0.15, -0.1) is 0 Å². The van der Waals surface area contributed by atoms with Gasteiger partial charge in [-0.3, -0.25) is 4.79 Å². The fourth-order valence-electron chi connectivity index (χ4n) is 3.87. The van der Waals surface area contributed by atoms with Gasteiger partial charge in [0.1, 0.15) is 12.1 Å². The van der Waals surface area contributed by atoms with Crippen molar-refractivity contribution in [2.75, 3.05) is 6.61 Å². The summed E-state index contributed by atoms with van der Waals surface area (Å²) in [6, 6.07) is 17.0. The Kier molecular flexibility index (Phi) is 10.2. The zero-order valence-corrected chi connectivity index (χ0v) is 19.1. The van der Waals surface area contributed by atoms with Gasteiger partial charge < -0.3 is 9.84 Å². The van der Waals surface area contributed by atoms with Crippen LogP contribution < -0.4 is 0 Å². The first-order chi connectivity index (χ1) is 14.9. The summed E-state index contributed by atoms with van der Waals surface area (Å²) in [4.78, 5) is 12.0. The molecule has 2 aromatic rings. The highest BCUT2D eigenvalue weighted by atomic mass is 19.1. The second-order valence-electron chi connectivity index (χ2n) is 8.49. The van der Waals surface area contributed by atoms with Crippen molar-refractivity contribution in [2.45, 2.75) is 83.4 Å². The number of carbonyl (C=O) groups is 1. The van der Waals surface area contributed by atoms with E-state index in [1.807, 2.05) is 49.4 Å². The van der Waals surface area contributed by atoms with Crippen molar-refractivity contribution >= 4 is 5.97 Å². The van der Waals surface area contributed by atoms with Crippen molar-refractivity contribution in [3.05, 3.63) is 60.2 Å². The SMILES string of the molecule is CCCCCCCCOC(C)(CC)C(F)C(C(=O)O)c1ccc(-c2ccccc2)cc1. The highest BCUT2D eigenvalue weighted by Crippen LogP contribution is 2.35. The molecule has 1 N–H and O–H groups in total. The molecule has 0 aromatic heterocycles. The number of hydrogen-bond acceptors (Lipinski definition) is 2. The van der Waals surface area contributed by atoms with Crippen LogP contribution in [0.5, 0.6) is 0 Å². The minimum atomic E-state index is -1.64. The third-order valence-corrected chi connectivity index (χ3v) is 6.15. The van der Waals surface area contributed by atoms with Gasteiger partial charge in [-0.1, -0.05) is 101 Å². The molecule has 0 fully saturated rings. The fraction of sp³-hybridized carbons (Fsp3) is 0.519. The summed E-state index contributed by atoms with van der Waals surface area (Å²) in [5.74, 6) is -2.43. The number of aliphatic carboxylic acids is 1. The van der Waals surface area contributed by atoms with Crippen molar-refractivity contribution in [1.29, 1.82) is 0 Å². The zero-order chi connectivity index (χ0) is 22.7. The molecule has 0 saturated carbocycles. The van der Waals surface area contributed by atoms with E-state index in [1.165, 1.54) is 19.3 Å². The quantitative estimate of drug-likeness (QED) is 0.319. The van der Waals surface area contributed by atoms with Crippen molar-refractivity contribution in [3.8, 4) is 11.1 Å². The van der Waals surface area contributed by atoms with Crippen molar-refractivity contribution in [3.63, 3.8) is 0 Å². The number of unbranched alkanes of at least 4 members (excludes halogenated alkanes) is 5. The first kappa shape index (κ1) is 25.1. The molecular weight excluding hydrogens is 391 g/mol. The number of benzene rings is 2. The molecule has 0 spiro atoms. The second kappa shape index (κ2) is 12.6. The topological polar surface area (TPSA) is 46.5 Å². The summed E-state index contributed by atoms with van der Waals surface area (Å²) in [5.41, 5.74) is 1.34. The van der Waals surface area contributed by atoms with Gasteiger partial charge in [-0.05, 0) is 36.5 Å². The van der Waals surface area contributed by atoms with Crippen LogP contribution >= 0.6 is 0 Å². The van der Waals surface area contributed by atoms with Gasteiger partial charge in [0.15, 0.2) is 0 Å². The van der Waals surface area contributed by atoms with Crippen molar-refractivity contribution in [2.24, 2.45) is 0 Å². The van der Waals surface area contributed by atoms with E-state index in [4.69, 9.17) is 4.74 Å². The van der Waals surface area contributed by atoms with Crippen molar-refractivity contribution in [1.82, 2.24) is 0 Å². The van der Waals surface area contributed by atoms with Gasteiger partial charge in [0.25, 0.3) is 0 Å². The van der Waals surface area contributed by atoms with E-state index in [1.54, 1.807) is 19.1 Å². The fourth-order valence-corrected chi connectivity index (χ4v) is 3.87. The molecule has 2 aromatic carbocycles. The van der Waals surface area contributed by atoms with Crippen LogP contribution in [0.4, 0.5) is 4.39 Å². The average Bonchev–Trinajstić information content (AvgIpc) is 2.79. The summed E-state index contributed by atoms with van der Waals surface area (Å²) >= 11 is 0. The molecule has 31 heavy (non-hydrogen) atoms. The predicted molar refractivity (Wildman–Crippen MR) is 125 cm³/mol. The molecule has 3 unspecified atom stereocenters. The number of ether oxygens (including phenoxy) is 1. The van der Waals surface area contributed by atoms with Crippen LogP contribution in [0.3, 0.4) is 0 Å². The maximum Gasteiger partial charge on any atom is 0.314 e. The van der Waals surface area contributed by atoms with Crippen LogP contribution in [0.15, 0.2) is 54.6 Å². The first-order valence-electron chi connectivity index (χ1n) is 11.6. The van der Waals surface area contributed by atoms with Gasteiger partial charge in [0.05, 0.1) is 5.60 Å². The van der Waals surface area contributed by atoms with E-state index < -0.39 is 23.7 Å². The maximum atomic E-state index is 15.6. The summed E-state index contributed by atoms with van der Waals surface area (Å²) in [6.07, 6.45) is 5.52. The standard InChI is InChI=1S/C27H37FO3/c1-4-6-7-8-9-13-20-31-27(3,5-2)25(28)24(26(29)30)23-18-16-22(17-19-23)21-14-11-10-12-15-21/h10-12,14-19,24-25H,4-9,13,20H2,1-3H3,(H,29,30). The van der Waals surface area contributed by atoms with Gasteiger partial charge >= 0.3 is 5.97 Å². The number of carboxylic acid groups (broad SMARTS) is 1. The Morgan fingerprint density at radius 2 is 1.52 bits per heavy atom. The van der Waals surface area contributed by atoms with E-state index in [0.29, 0.717) is 18.6 Å². The number of carboxylic acids is 1. The molecule has 2 rings (SSSR count). The molecule has 3 nitrogen and oxygen atoms in total. The molecule has 0 bridgehead atoms. The summed E-state index contributed by atoms with van der Waals surface area (Å²) in [5, 5.41) is 9.84. The van der Waals surface area contributed by atoms with Crippen LogP contribution in [-0.4, -0.2) is 29.5 Å². The third-order valence-electron chi connectivity index (χ3n) is 6.15. The van der Waals surface area contributed by atoms with Gasteiger partial charge in [-0.25, -0.2) is 4.39 Å². The molecule has 0 amide bonds. The van der Waals surface area contributed by atoms with Gasteiger partial charge in [0.2, 0.25) is 0 Å². The minimum absolute atomic E-state index is 0.413. The van der Waals surface area contributed by atoms with E-state index in [-0.39, 0.29) is 0 Å². The highest BCUT2D eigenvalue weighted by molar-refractivity contribution is 5.77. The van der Waals surface area contributed by atoms with E-state index >= 15 is 4.39 Å². The number of alkyl halides is 1. The van der Waals surface area contributed by atoms with Gasteiger partial charge in [-0.2, -0.15) is 0 Å². The van der Waals surface area contributed by atoms with Crippen molar-refractivity contribution < 1.29 is 19.0 Å². The lowest BCUT2D eigenvalue weighted by molar-refractivity contribution is -0.148. The van der Waals surface area contributed by atoms with E-state index in [0.717, 1.165) is 30.4 Å². The number of rotatable bonds is 14. The summed E-state index contributed by atoms with van der Waals surface area (Å²) < 4.78 is 21.6. The van der Waals surface area contributed by atoms with Crippen LogP contribution in [0.25, 0.3) is 11.1 Å². The Labute approximate surface area is 186 Å². The summed E-state index contributed by atoms with van der Waals surface area (Å²) in [6.45, 7) is 6.19. The van der Waals surface area contributed by atoms with Crippen LogP contribution in [0, 0.1) is 0 Å². The van der Waals surface area contributed by atoms with Crippen LogP contribution in [0.1, 0.15) is 77.2 Å². The third kappa shape index (κ3) is 7.17. The Hall–Kier alpha value is -2.20. The Morgan fingerprint density at radius 1 is 0.935 bits per heavy atom. The molecule has 3 atom stereocenters. The lowest BCUT2D eigenvalue weighted by Crippen LogP contribution is -2.45. The highest BCUT2D eigenvalue weighted by Gasteiger charge is 2.43. The molecule has 4 heteroatoms. The predicted octanol–water partition coefficient (Wildman–Crippen LogP) is 7.41. The Morgan fingerprint density at radius 3 is 2.10 bits per heavy atom. The molecule has 170 valence electrons. The molecule has 0 radical (unpaired) electrons. The largest absolute Gasteiger partial charge is 0.481 e. The second-order valence-corrected chi connectivity index (χ2v) is 8.49. The average molecular weight is 429 g/mol. The Bertz CT molecular complexity index is 775. The van der Waals surface area contributed by atoms with Crippen LogP contribution in [0.2, 0.25) is 0 Å². The minimum Gasteiger partial charge on any atom is -0.481 e. The maximum absolute atomic E-state index is 15.6. The van der Waals surface area contributed by atoms with E-state index in [2.05, 4.69) is 6.92 Å². The smallest absolute Gasteiger partial charge is 0.314 e. The lowest BCUT2D eigenvalue weighted by atomic mass is 9.82. The number of hydrogen-bond donors (Lipinski definition) is 1.